The number of amides is 1. The van der Waals surface area contributed by atoms with Gasteiger partial charge >= 0.3 is 0 Å². The summed E-state index contributed by atoms with van der Waals surface area (Å²) >= 11 is 0. The summed E-state index contributed by atoms with van der Waals surface area (Å²) in [6.07, 6.45) is 3.49. The van der Waals surface area contributed by atoms with Gasteiger partial charge in [-0.25, -0.2) is 0 Å². The third-order valence-corrected chi connectivity index (χ3v) is 2.32. The van der Waals surface area contributed by atoms with Crippen LogP contribution in [0.5, 0.6) is 0 Å². The van der Waals surface area contributed by atoms with Crippen LogP contribution in [-0.4, -0.2) is 20.7 Å². The third kappa shape index (κ3) is 1.98. The highest BCUT2D eigenvalue weighted by atomic mass is 16.2. The fraction of sp³-hybridized carbons (Fsp3) is 0.273. The highest BCUT2D eigenvalue weighted by Crippen LogP contribution is 2.12. The van der Waals surface area contributed by atoms with Gasteiger partial charge in [0.1, 0.15) is 11.5 Å². The third-order valence-electron chi connectivity index (χ3n) is 2.32. The molecule has 5 nitrogen and oxygen atoms in total. The van der Waals surface area contributed by atoms with Crippen LogP contribution in [0.2, 0.25) is 0 Å². The molecule has 2 aromatic rings. The zero-order valence-corrected chi connectivity index (χ0v) is 9.27. The number of aromatic nitrogens is 3. The van der Waals surface area contributed by atoms with E-state index in [1.807, 2.05) is 30.7 Å². The number of hydrogen-bond donors (Lipinski definition) is 2. The summed E-state index contributed by atoms with van der Waals surface area (Å²) in [7, 11) is 0. The van der Waals surface area contributed by atoms with E-state index in [-0.39, 0.29) is 11.9 Å². The molecule has 2 aromatic heterocycles. The molecule has 0 saturated carbocycles. The lowest BCUT2D eigenvalue weighted by Gasteiger charge is -2.12. The first kappa shape index (κ1) is 10.5. The Hall–Kier alpha value is -2.04. The molecule has 2 heterocycles. The lowest BCUT2D eigenvalue weighted by Crippen LogP contribution is -2.17. The maximum Gasteiger partial charge on any atom is 0.273 e. The summed E-state index contributed by atoms with van der Waals surface area (Å²) in [6.45, 7) is 4.07. The Labute approximate surface area is 93.5 Å². The van der Waals surface area contributed by atoms with Crippen molar-refractivity contribution in [1.29, 1.82) is 0 Å². The van der Waals surface area contributed by atoms with Crippen LogP contribution in [0.25, 0.3) is 0 Å². The summed E-state index contributed by atoms with van der Waals surface area (Å²) < 4.78 is 1.92. The first-order chi connectivity index (χ1) is 7.68. The highest BCUT2D eigenvalue weighted by molar-refractivity contribution is 6.02. The minimum absolute atomic E-state index is 0.136. The van der Waals surface area contributed by atoms with Crippen LogP contribution in [0.4, 0.5) is 5.82 Å². The number of H-pyrrole nitrogens is 1. The average molecular weight is 218 g/mol. The van der Waals surface area contributed by atoms with Crippen molar-refractivity contribution in [3.63, 3.8) is 0 Å². The number of carbonyl (C=O) groups is 1. The molecule has 0 bridgehead atoms. The van der Waals surface area contributed by atoms with Gasteiger partial charge in [-0.1, -0.05) is 0 Å². The maximum absolute atomic E-state index is 11.9. The number of nitrogens with one attached hydrogen (secondary N) is 2. The van der Waals surface area contributed by atoms with Crippen LogP contribution in [0, 0.1) is 0 Å². The molecular formula is C11H14N4O. The molecule has 0 spiro atoms. The summed E-state index contributed by atoms with van der Waals surface area (Å²) in [5.41, 5.74) is 0.643. The van der Waals surface area contributed by atoms with Gasteiger partial charge in [0, 0.05) is 18.3 Å². The Bertz CT molecular complexity index is 470. The number of nitrogens with zero attached hydrogens (tertiary/aromatic N) is 2. The molecule has 0 aliphatic rings. The molecule has 84 valence electrons. The first-order valence-corrected chi connectivity index (χ1v) is 5.16. The van der Waals surface area contributed by atoms with Crippen LogP contribution >= 0.6 is 0 Å². The van der Waals surface area contributed by atoms with E-state index in [0.717, 1.165) is 0 Å². The minimum Gasteiger partial charge on any atom is -0.341 e. The first-order valence-electron chi connectivity index (χ1n) is 5.16. The quantitative estimate of drug-likeness (QED) is 0.828. The lowest BCUT2D eigenvalue weighted by molar-refractivity contribution is 0.101. The molecule has 0 aliphatic carbocycles. The molecule has 0 aliphatic heterocycles. The number of aromatic amines is 1. The monoisotopic (exact) mass is 218 g/mol. The van der Waals surface area contributed by atoms with E-state index in [1.54, 1.807) is 18.3 Å². The Morgan fingerprint density at radius 2 is 2.31 bits per heavy atom. The van der Waals surface area contributed by atoms with Crippen molar-refractivity contribution < 1.29 is 4.79 Å². The summed E-state index contributed by atoms with van der Waals surface area (Å²) in [5, 5.41) is 9.20. The predicted octanol–water partition coefficient (Wildman–Crippen LogP) is 2.04. The fourth-order valence-corrected chi connectivity index (χ4v) is 1.55. The standard InChI is InChI=1S/C11H14N4O/c1-8(2)15-7-3-4-9(15)11(16)13-10-5-6-12-14-10/h3-8H,1-2H3,(H2,12,13,14,16). The van der Waals surface area contributed by atoms with Gasteiger partial charge in [-0.3, -0.25) is 9.89 Å². The SMILES string of the molecule is CC(C)n1cccc1C(=O)Nc1ccn[nH]1. The predicted molar refractivity (Wildman–Crippen MR) is 61.4 cm³/mol. The topological polar surface area (TPSA) is 62.7 Å². The number of rotatable bonds is 3. The van der Waals surface area contributed by atoms with Crippen molar-refractivity contribution in [2.75, 3.05) is 5.32 Å². The molecule has 2 N–H and O–H groups in total. The van der Waals surface area contributed by atoms with E-state index in [1.165, 1.54) is 0 Å². The lowest BCUT2D eigenvalue weighted by atomic mass is 10.3. The molecule has 0 saturated heterocycles. The normalized spacial score (nSPS) is 10.7. The second kappa shape index (κ2) is 4.22. The van der Waals surface area contributed by atoms with Gasteiger partial charge in [0.2, 0.25) is 0 Å². The molecule has 1 amide bonds. The molecule has 2 rings (SSSR count). The van der Waals surface area contributed by atoms with E-state index in [9.17, 15) is 4.79 Å². The second-order valence-electron chi connectivity index (χ2n) is 3.82. The second-order valence-corrected chi connectivity index (χ2v) is 3.82. The maximum atomic E-state index is 11.9. The molecule has 0 atom stereocenters. The van der Waals surface area contributed by atoms with Gasteiger partial charge in [-0.15, -0.1) is 0 Å². The van der Waals surface area contributed by atoms with Crippen LogP contribution in [0.1, 0.15) is 30.4 Å². The number of hydrogen-bond acceptors (Lipinski definition) is 2. The fourth-order valence-electron chi connectivity index (χ4n) is 1.55. The molecule has 16 heavy (non-hydrogen) atoms. The van der Waals surface area contributed by atoms with E-state index in [4.69, 9.17) is 0 Å². The van der Waals surface area contributed by atoms with E-state index < -0.39 is 0 Å². The van der Waals surface area contributed by atoms with Gasteiger partial charge in [0.15, 0.2) is 0 Å². The van der Waals surface area contributed by atoms with Crippen molar-refractivity contribution in [1.82, 2.24) is 14.8 Å². The summed E-state index contributed by atoms with van der Waals surface area (Å²) in [5.74, 6) is 0.462. The molecule has 0 fully saturated rings. The van der Waals surface area contributed by atoms with Crippen LogP contribution in [0.3, 0.4) is 0 Å². The van der Waals surface area contributed by atoms with Gasteiger partial charge in [-0.2, -0.15) is 5.10 Å². The van der Waals surface area contributed by atoms with Crippen molar-refractivity contribution >= 4 is 11.7 Å². The number of anilines is 1. The van der Waals surface area contributed by atoms with Crippen molar-refractivity contribution in [2.45, 2.75) is 19.9 Å². The highest BCUT2D eigenvalue weighted by Gasteiger charge is 2.12. The van der Waals surface area contributed by atoms with Crippen LogP contribution in [0.15, 0.2) is 30.6 Å². The molecule has 0 radical (unpaired) electrons. The van der Waals surface area contributed by atoms with Crippen molar-refractivity contribution in [3.05, 3.63) is 36.3 Å². The largest absolute Gasteiger partial charge is 0.341 e. The Morgan fingerprint density at radius 3 is 2.94 bits per heavy atom. The van der Waals surface area contributed by atoms with Gasteiger partial charge in [0.05, 0.1) is 6.20 Å². The summed E-state index contributed by atoms with van der Waals surface area (Å²) in [4.78, 5) is 11.9. The minimum atomic E-state index is -0.136. The van der Waals surface area contributed by atoms with E-state index in [0.29, 0.717) is 11.5 Å². The van der Waals surface area contributed by atoms with Crippen LogP contribution < -0.4 is 5.32 Å². The Morgan fingerprint density at radius 1 is 1.50 bits per heavy atom. The zero-order chi connectivity index (χ0) is 11.5. The van der Waals surface area contributed by atoms with Crippen molar-refractivity contribution in [3.8, 4) is 0 Å². The van der Waals surface area contributed by atoms with Gasteiger partial charge in [0.25, 0.3) is 5.91 Å². The molecule has 0 unspecified atom stereocenters. The van der Waals surface area contributed by atoms with Crippen LogP contribution in [-0.2, 0) is 0 Å². The van der Waals surface area contributed by atoms with Gasteiger partial charge < -0.3 is 9.88 Å². The van der Waals surface area contributed by atoms with Gasteiger partial charge in [-0.05, 0) is 26.0 Å². The Balaban J connectivity index is 2.18. The average Bonchev–Trinajstić information content (AvgIpc) is 2.86. The molecule has 5 heteroatoms. The van der Waals surface area contributed by atoms with Crippen molar-refractivity contribution in [2.24, 2.45) is 0 Å². The van der Waals surface area contributed by atoms with E-state index >= 15 is 0 Å². The molecular weight excluding hydrogens is 204 g/mol. The number of carbonyl (C=O) groups excluding carboxylic acids is 1. The summed E-state index contributed by atoms with van der Waals surface area (Å²) in [6, 6.07) is 5.63. The van der Waals surface area contributed by atoms with E-state index in [2.05, 4.69) is 15.5 Å². The molecule has 0 aromatic carbocycles. The zero-order valence-electron chi connectivity index (χ0n) is 9.27. The Kier molecular flexibility index (Phi) is 2.76. The smallest absolute Gasteiger partial charge is 0.273 e.